The van der Waals surface area contributed by atoms with Gasteiger partial charge in [-0.1, -0.05) is 62.1 Å². The second-order valence-electron chi connectivity index (χ2n) is 7.91. The predicted molar refractivity (Wildman–Crippen MR) is 128 cm³/mol. The number of carboxylic acids is 1. The number of ketones is 3. The lowest BCUT2D eigenvalue weighted by molar-refractivity contribution is -0.141. The van der Waals surface area contributed by atoms with Gasteiger partial charge in [-0.3, -0.25) is 24.5 Å². The van der Waals surface area contributed by atoms with Crippen LogP contribution in [0.1, 0.15) is 53.9 Å². The normalized spacial score (nSPS) is 16.2. The van der Waals surface area contributed by atoms with Gasteiger partial charge in [0.15, 0.2) is 5.78 Å². The van der Waals surface area contributed by atoms with Gasteiger partial charge >= 0.3 is 5.97 Å². The molecule has 0 bridgehead atoms. The van der Waals surface area contributed by atoms with Crippen LogP contribution in [0.25, 0.3) is 0 Å². The van der Waals surface area contributed by atoms with Crippen LogP contribution in [0.2, 0.25) is 0 Å². The van der Waals surface area contributed by atoms with Crippen LogP contribution in [0.4, 0.5) is 0 Å². The van der Waals surface area contributed by atoms with E-state index >= 15 is 0 Å². The number of rotatable bonds is 19. The van der Waals surface area contributed by atoms with Crippen LogP contribution in [0, 0.1) is 11.8 Å². The van der Waals surface area contributed by atoms with Gasteiger partial charge in [-0.2, -0.15) is 0 Å². The zero-order valence-electron chi connectivity index (χ0n) is 19.3. The highest BCUT2D eigenvalue weighted by Crippen LogP contribution is 2.22. The molecule has 5 N–H and O–H groups in total. The first-order valence-electron chi connectivity index (χ1n) is 10.8. The largest absolute Gasteiger partial charge is 0.480 e. The van der Waals surface area contributed by atoms with Crippen LogP contribution in [-0.2, 0) is 19.2 Å². The second kappa shape index (κ2) is 16.7. The van der Waals surface area contributed by atoms with Crippen LogP contribution < -0.4 is 16.4 Å². The Hall–Kier alpha value is -0.940. The van der Waals surface area contributed by atoms with Crippen LogP contribution in [0.5, 0.6) is 0 Å². The molecule has 0 radical (unpaired) electrons. The van der Waals surface area contributed by atoms with E-state index in [1.807, 2.05) is 27.7 Å². The number of nitrogens with two attached hydrogens (primary N) is 1. The Morgan fingerprint density at radius 3 is 2.00 bits per heavy atom. The summed E-state index contributed by atoms with van der Waals surface area (Å²) in [7, 11) is 2.89. The Labute approximate surface area is 194 Å². The Kier molecular flexibility index (Phi) is 16.2. The highest BCUT2D eigenvalue weighted by molar-refractivity contribution is 8.76. The number of carbonyl (C=O) groups excluding carboxylic acids is 3. The Morgan fingerprint density at radius 2 is 1.48 bits per heavy atom. The number of Topliss-reactive ketones (excluding diaryl/α,β-unsaturated/α-hetero) is 3. The summed E-state index contributed by atoms with van der Waals surface area (Å²) in [4.78, 5) is 47.2. The summed E-state index contributed by atoms with van der Waals surface area (Å²) in [5.41, 5.74) is 5.94. The van der Waals surface area contributed by atoms with Crippen molar-refractivity contribution in [2.24, 2.45) is 17.6 Å². The molecule has 0 saturated carbocycles. The fourth-order valence-corrected chi connectivity index (χ4v) is 5.02. The molecule has 0 aliphatic carbocycles. The first kappa shape index (κ1) is 30.1. The quantitative estimate of drug-likeness (QED) is 0.161. The lowest BCUT2D eigenvalue weighted by Gasteiger charge is -2.22. The molecule has 0 aromatic carbocycles. The molecule has 8 nitrogen and oxygen atoms in total. The van der Waals surface area contributed by atoms with E-state index < -0.39 is 18.1 Å². The summed E-state index contributed by atoms with van der Waals surface area (Å²) in [6.07, 6.45) is 1.87. The minimum Gasteiger partial charge on any atom is -0.480 e. The Morgan fingerprint density at radius 1 is 0.935 bits per heavy atom. The SMILES string of the molecule is CCC(C)C(NCC(=O)[C@@H](N)CSSCCC(=O)CNC(C(=O)O)C(C)CC)C(C)=O. The maximum atomic E-state index is 12.2. The van der Waals surface area contributed by atoms with Crippen molar-refractivity contribution in [2.45, 2.75) is 72.0 Å². The molecule has 0 spiro atoms. The van der Waals surface area contributed by atoms with Crippen molar-refractivity contribution in [1.82, 2.24) is 10.6 Å². The average molecular weight is 478 g/mol. The molecule has 0 aliphatic heterocycles. The molecule has 10 heteroatoms. The molecule has 0 aromatic rings. The minimum absolute atomic E-state index is 0.0126. The number of nitrogens with one attached hydrogen (secondary N) is 2. The van der Waals surface area contributed by atoms with Gasteiger partial charge in [0.2, 0.25) is 0 Å². The summed E-state index contributed by atoms with van der Waals surface area (Å²) in [5.74, 6) is -0.0564. The molecule has 5 atom stereocenters. The third-order valence-corrected chi connectivity index (χ3v) is 7.79. The molecule has 0 fully saturated rings. The number of carboxylic acid groups (broad SMARTS) is 1. The molecule has 0 amide bonds. The highest BCUT2D eigenvalue weighted by atomic mass is 33.1. The minimum atomic E-state index is -0.945. The van der Waals surface area contributed by atoms with E-state index in [2.05, 4.69) is 10.6 Å². The predicted octanol–water partition coefficient (Wildman–Crippen LogP) is 1.91. The molecule has 4 unspecified atom stereocenters. The van der Waals surface area contributed by atoms with E-state index in [0.29, 0.717) is 24.3 Å². The van der Waals surface area contributed by atoms with Crippen LogP contribution in [-0.4, -0.2) is 71.1 Å². The first-order chi connectivity index (χ1) is 14.5. The molecule has 180 valence electrons. The summed E-state index contributed by atoms with van der Waals surface area (Å²) in [6, 6.07) is -1.71. The van der Waals surface area contributed by atoms with Gasteiger partial charge < -0.3 is 16.2 Å². The molecule has 0 saturated heterocycles. The Bertz CT molecular complexity index is 591. The van der Waals surface area contributed by atoms with E-state index in [1.165, 1.54) is 28.5 Å². The third kappa shape index (κ3) is 12.6. The van der Waals surface area contributed by atoms with Crippen LogP contribution in [0.3, 0.4) is 0 Å². The molecular weight excluding hydrogens is 438 g/mol. The van der Waals surface area contributed by atoms with E-state index in [1.54, 1.807) is 0 Å². The van der Waals surface area contributed by atoms with Crippen molar-refractivity contribution in [3.8, 4) is 0 Å². The fraction of sp³-hybridized carbons (Fsp3) is 0.810. The molecule has 0 heterocycles. The van der Waals surface area contributed by atoms with Crippen molar-refractivity contribution in [3.05, 3.63) is 0 Å². The van der Waals surface area contributed by atoms with Crippen molar-refractivity contribution < 1.29 is 24.3 Å². The molecule has 31 heavy (non-hydrogen) atoms. The first-order valence-corrected chi connectivity index (χ1v) is 13.3. The summed E-state index contributed by atoms with van der Waals surface area (Å²) in [6.45, 7) is 9.34. The van der Waals surface area contributed by atoms with Crippen molar-refractivity contribution in [2.75, 3.05) is 24.6 Å². The summed E-state index contributed by atoms with van der Waals surface area (Å²) >= 11 is 0. The van der Waals surface area contributed by atoms with E-state index in [4.69, 9.17) is 5.73 Å². The molecule has 0 aliphatic rings. The van der Waals surface area contributed by atoms with Crippen molar-refractivity contribution in [3.63, 3.8) is 0 Å². The van der Waals surface area contributed by atoms with E-state index in [-0.39, 0.29) is 48.3 Å². The van der Waals surface area contributed by atoms with Crippen molar-refractivity contribution in [1.29, 1.82) is 0 Å². The number of carbonyl (C=O) groups is 4. The smallest absolute Gasteiger partial charge is 0.320 e. The van der Waals surface area contributed by atoms with Gasteiger partial charge in [0.1, 0.15) is 17.6 Å². The zero-order valence-corrected chi connectivity index (χ0v) is 20.9. The van der Waals surface area contributed by atoms with Gasteiger partial charge in [0, 0.05) is 17.9 Å². The average Bonchev–Trinajstić information content (AvgIpc) is 2.72. The molecule has 0 rings (SSSR count). The van der Waals surface area contributed by atoms with Gasteiger partial charge in [-0.15, -0.1) is 0 Å². The lowest BCUT2D eigenvalue weighted by atomic mass is 9.96. The number of aliphatic carboxylic acids is 1. The zero-order chi connectivity index (χ0) is 24.0. The Balaban J connectivity index is 4.10. The monoisotopic (exact) mass is 477 g/mol. The third-order valence-electron chi connectivity index (χ3n) is 5.35. The lowest BCUT2D eigenvalue weighted by Crippen LogP contribution is -2.47. The number of hydrogen-bond acceptors (Lipinski definition) is 9. The maximum Gasteiger partial charge on any atom is 0.320 e. The van der Waals surface area contributed by atoms with Crippen LogP contribution >= 0.6 is 21.6 Å². The van der Waals surface area contributed by atoms with Gasteiger partial charge in [-0.05, 0) is 18.8 Å². The van der Waals surface area contributed by atoms with E-state index in [0.717, 1.165) is 6.42 Å². The van der Waals surface area contributed by atoms with Crippen molar-refractivity contribution >= 4 is 44.9 Å². The van der Waals surface area contributed by atoms with Crippen LogP contribution in [0.15, 0.2) is 0 Å². The number of hydrogen-bond donors (Lipinski definition) is 4. The second-order valence-corrected chi connectivity index (χ2v) is 10.5. The van der Waals surface area contributed by atoms with Gasteiger partial charge in [0.25, 0.3) is 0 Å². The topological polar surface area (TPSA) is 139 Å². The molecule has 0 aromatic heterocycles. The van der Waals surface area contributed by atoms with Gasteiger partial charge in [0.05, 0.1) is 25.2 Å². The van der Waals surface area contributed by atoms with E-state index in [9.17, 15) is 24.3 Å². The maximum absolute atomic E-state index is 12.2. The highest BCUT2D eigenvalue weighted by Gasteiger charge is 2.24. The fourth-order valence-electron chi connectivity index (χ4n) is 2.83. The van der Waals surface area contributed by atoms with Gasteiger partial charge in [-0.25, -0.2) is 0 Å². The molecular formula is C21H39N3O5S2. The summed E-state index contributed by atoms with van der Waals surface area (Å²) in [5, 5.41) is 15.1. The summed E-state index contributed by atoms with van der Waals surface area (Å²) < 4.78 is 0. The standard InChI is InChI=1S/C21H39N3O5S2/c1-6-13(3)19(15(5)25)24-11-18(27)17(22)12-31-30-9-8-16(26)10-23-20(21(28)29)14(4)7-2/h13-14,17,19-20,23-24H,6-12,22H2,1-5H3,(H,28,29)/t13?,14?,17-,19?,20?/m0/s1.